The van der Waals surface area contributed by atoms with Gasteiger partial charge < -0.3 is 9.47 Å². The number of methoxy groups -OCH3 is 2. The molecule has 0 aliphatic heterocycles. The molecular formula is C19H22NO4+. The van der Waals surface area contributed by atoms with Crippen LogP contribution in [0.3, 0.4) is 0 Å². The van der Waals surface area contributed by atoms with E-state index in [0.717, 1.165) is 10.9 Å². The molecule has 5 heteroatoms. The SMILES string of the molecule is COC(=O)C(C(=O)OC)=C(C[n+]1cccc2ccccc21)C(C)C. The third-order valence-electron chi connectivity index (χ3n) is 3.93. The zero-order valence-corrected chi connectivity index (χ0v) is 14.4. The lowest BCUT2D eigenvalue weighted by Gasteiger charge is -2.14. The molecule has 0 aliphatic rings. The molecule has 5 nitrogen and oxygen atoms in total. The van der Waals surface area contributed by atoms with Crippen molar-refractivity contribution in [2.75, 3.05) is 14.2 Å². The van der Waals surface area contributed by atoms with Crippen LogP contribution in [0.4, 0.5) is 0 Å². The van der Waals surface area contributed by atoms with Crippen molar-refractivity contribution in [1.82, 2.24) is 0 Å². The van der Waals surface area contributed by atoms with Crippen LogP contribution in [0.25, 0.3) is 10.9 Å². The van der Waals surface area contributed by atoms with E-state index >= 15 is 0 Å². The number of fused-ring (bicyclic) bond motifs is 1. The summed E-state index contributed by atoms with van der Waals surface area (Å²) in [5.41, 5.74) is 1.66. The number of para-hydroxylation sites is 1. The molecule has 1 aromatic heterocycles. The van der Waals surface area contributed by atoms with Crippen LogP contribution in [0.15, 0.2) is 53.7 Å². The molecule has 0 atom stereocenters. The van der Waals surface area contributed by atoms with E-state index in [4.69, 9.17) is 9.47 Å². The van der Waals surface area contributed by atoms with Gasteiger partial charge in [0.1, 0.15) is 0 Å². The van der Waals surface area contributed by atoms with Gasteiger partial charge in [-0.1, -0.05) is 26.0 Å². The Morgan fingerprint density at radius 1 is 1.00 bits per heavy atom. The number of pyridine rings is 1. The van der Waals surface area contributed by atoms with E-state index in [1.54, 1.807) is 0 Å². The predicted octanol–water partition coefficient (Wildman–Crippen LogP) is 2.43. The van der Waals surface area contributed by atoms with Gasteiger partial charge in [0.05, 0.1) is 14.2 Å². The molecule has 1 aromatic carbocycles. The van der Waals surface area contributed by atoms with E-state index in [-0.39, 0.29) is 11.5 Å². The maximum atomic E-state index is 12.1. The number of rotatable bonds is 5. The molecule has 0 aliphatic carbocycles. The minimum Gasteiger partial charge on any atom is -0.465 e. The highest BCUT2D eigenvalue weighted by molar-refractivity contribution is 6.14. The van der Waals surface area contributed by atoms with Crippen molar-refractivity contribution in [1.29, 1.82) is 0 Å². The van der Waals surface area contributed by atoms with Crippen LogP contribution < -0.4 is 4.57 Å². The number of nitrogens with zero attached hydrogens (tertiary/aromatic N) is 1. The van der Waals surface area contributed by atoms with Gasteiger partial charge in [-0.2, -0.15) is 4.57 Å². The Balaban J connectivity index is 2.60. The van der Waals surface area contributed by atoms with Gasteiger partial charge in [0, 0.05) is 23.1 Å². The molecule has 24 heavy (non-hydrogen) atoms. The lowest BCUT2D eigenvalue weighted by Crippen LogP contribution is -2.37. The minimum atomic E-state index is -0.675. The molecule has 126 valence electrons. The Hall–Kier alpha value is -2.69. The summed E-state index contributed by atoms with van der Waals surface area (Å²) in [7, 11) is 2.52. The monoisotopic (exact) mass is 328 g/mol. The molecule has 0 saturated heterocycles. The molecule has 0 fully saturated rings. The average molecular weight is 328 g/mol. The number of esters is 2. The van der Waals surface area contributed by atoms with Gasteiger partial charge in [-0.3, -0.25) is 0 Å². The molecule has 0 unspecified atom stereocenters. The molecule has 0 N–H and O–H groups in total. The van der Waals surface area contributed by atoms with E-state index in [0.29, 0.717) is 12.1 Å². The first-order valence-corrected chi connectivity index (χ1v) is 7.76. The maximum Gasteiger partial charge on any atom is 0.345 e. The summed E-state index contributed by atoms with van der Waals surface area (Å²) in [4.78, 5) is 24.2. The summed E-state index contributed by atoms with van der Waals surface area (Å²) in [5.74, 6) is -1.37. The van der Waals surface area contributed by atoms with Crippen molar-refractivity contribution in [2.24, 2.45) is 5.92 Å². The van der Waals surface area contributed by atoms with E-state index in [9.17, 15) is 9.59 Å². The quantitative estimate of drug-likeness (QED) is 0.278. The summed E-state index contributed by atoms with van der Waals surface area (Å²) in [6.07, 6.45) is 1.93. The van der Waals surface area contributed by atoms with Crippen molar-refractivity contribution in [3.05, 3.63) is 53.7 Å². The van der Waals surface area contributed by atoms with Crippen LogP contribution in [0.1, 0.15) is 13.8 Å². The van der Waals surface area contributed by atoms with Crippen LogP contribution in [0.5, 0.6) is 0 Å². The fraction of sp³-hybridized carbons (Fsp3) is 0.316. The normalized spacial score (nSPS) is 10.5. The first-order chi connectivity index (χ1) is 11.5. The molecular weight excluding hydrogens is 306 g/mol. The molecule has 2 rings (SSSR count). The molecule has 0 bridgehead atoms. The molecule has 0 radical (unpaired) electrons. The molecule has 1 heterocycles. The van der Waals surface area contributed by atoms with Crippen molar-refractivity contribution in [3.8, 4) is 0 Å². The number of ether oxygens (including phenoxy) is 2. The number of aromatic nitrogens is 1. The van der Waals surface area contributed by atoms with Gasteiger partial charge in [0.15, 0.2) is 18.3 Å². The van der Waals surface area contributed by atoms with Crippen LogP contribution in [0, 0.1) is 5.92 Å². The summed E-state index contributed by atoms with van der Waals surface area (Å²) in [5, 5.41) is 1.08. The van der Waals surface area contributed by atoms with Crippen molar-refractivity contribution < 1.29 is 23.6 Å². The zero-order chi connectivity index (χ0) is 17.7. The number of hydrogen-bond donors (Lipinski definition) is 0. The van der Waals surface area contributed by atoms with E-state index in [1.165, 1.54) is 14.2 Å². The lowest BCUT2D eigenvalue weighted by molar-refractivity contribution is -0.663. The Kier molecular flexibility index (Phi) is 5.68. The second-order valence-electron chi connectivity index (χ2n) is 5.73. The number of benzene rings is 1. The van der Waals surface area contributed by atoms with E-state index < -0.39 is 11.9 Å². The minimum absolute atomic E-state index is 0.0235. The molecule has 0 amide bonds. The van der Waals surface area contributed by atoms with Gasteiger partial charge in [0.25, 0.3) is 0 Å². The largest absolute Gasteiger partial charge is 0.465 e. The Morgan fingerprint density at radius 2 is 1.58 bits per heavy atom. The highest BCUT2D eigenvalue weighted by atomic mass is 16.5. The number of allylic oxidation sites excluding steroid dienone is 1. The first-order valence-electron chi connectivity index (χ1n) is 7.76. The van der Waals surface area contributed by atoms with Gasteiger partial charge in [0.2, 0.25) is 5.52 Å². The van der Waals surface area contributed by atoms with Crippen LogP contribution >= 0.6 is 0 Å². The topological polar surface area (TPSA) is 56.5 Å². The van der Waals surface area contributed by atoms with E-state index in [2.05, 4.69) is 0 Å². The Labute approximate surface area is 141 Å². The van der Waals surface area contributed by atoms with Crippen molar-refractivity contribution >= 4 is 22.8 Å². The molecule has 2 aromatic rings. The fourth-order valence-electron chi connectivity index (χ4n) is 2.64. The molecule has 0 saturated carbocycles. The maximum absolute atomic E-state index is 12.1. The van der Waals surface area contributed by atoms with Crippen LogP contribution in [-0.4, -0.2) is 26.2 Å². The fourth-order valence-corrected chi connectivity index (χ4v) is 2.64. The highest BCUT2D eigenvalue weighted by Crippen LogP contribution is 2.19. The van der Waals surface area contributed by atoms with Gasteiger partial charge in [-0.15, -0.1) is 0 Å². The van der Waals surface area contributed by atoms with Crippen molar-refractivity contribution in [2.45, 2.75) is 20.4 Å². The average Bonchev–Trinajstić information content (AvgIpc) is 2.60. The van der Waals surface area contributed by atoms with Gasteiger partial charge >= 0.3 is 11.9 Å². The highest BCUT2D eigenvalue weighted by Gasteiger charge is 2.29. The second-order valence-corrected chi connectivity index (χ2v) is 5.73. The van der Waals surface area contributed by atoms with Crippen LogP contribution in [-0.2, 0) is 25.6 Å². The summed E-state index contributed by atoms with van der Waals surface area (Å²) in [6, 6.07) is 11.9. The van der Waals surface area contributed by atoms with E-state index in [1.807, 2.05) is 61.0 Å². The summed E-state index contributed by atoms with van der Waals surface area (Å²) in [6.45, 7) is 4.28. The first kappa shape index (κ1) is 17.7. The number of carbonyl (C=O) groups excluding carboxylic acids is 2. The number of hydrogen-bond acceptors (Lipinski definition) is 4. The Bertz CT molecular complexity index is 770. The van der Waals surface area contributed by atoms with Crippen LogP contribution in [0.2, 0.25) is 0 Å². The Morgan fingerprint density at radius 3 is 2.17 bits per heavy atom. The predicted molar refractivity (Wildman–Crippen MR) is 90.0 cm³/mol. The zero-order valence-electron chi connectivity index (χ0n) is 14.4. The third-order valence-corrected chi connectivity index (χ3v) is 3.93. The third kappa shape index (κ3) is 3.62. The van der Waals surface area contributed by atoms with Crippen molar-refractivity contribution in [3.63, 3.8) is 0 Å². The van der Waals surface area contributed by atoms with Gasteiger partial charge in [-0.25, -0.2) is 9.59 Å². The summed E-state index contributed by atoms with van der Waals surface area (Å²) < 4.78 is 11.6. The molecule has 0 spiro atoms. The number of carbonyl (C=O) groups is 2. The standard InChI is InChI=1S/C19H22NO4/c1-13(2)15(17(18(21)23-3)19(22)24-4)12-20-11-7-9-14-8-5-6-10-16(14)20/h5-11,13H,12H2,1-4H3/q+1. The smallest absolute Gasteiger partial charge is 0.345 e. The van der Waals surface area contributed by atoms with Gasteiger partial charge in [-0.05, 0) is 18.1 Å². The second kappa shape index (κ2) is 7.73. The summed E-state index contributed by atoms with van der Waals surface area (Å²) >= 11 is 0. The lowest BCUT2D eigenvalue weighted by atomic mass is 9.96.